The van der Waals surface area contributed by atoms with Gasteiger partial charge in [0, 0.05) is 5.56 Å². The van der Waals surface area contributed by atoms with Gasteiger partial charge in [0.25, 0.3) is 10.1 Å². The minimum absolute atomic E-state index is 0.211. The number of hydrogen-bond acceptors (Lipinski definition) is 3. The van der Waals surface area contributed by atoms with Gasteiger partial charge in [-0.25, -0.2) is 0 Å². The van der Waals surface area contributed by atoms with E-state index in [-0.39, 0.29) is 10.7 Å². The third-order valence-electron chi connectivity index (χ3n) is 2.14. The van der Waals surface area contributed by atoms with E-state index in [0.29, 0.717) is 12.0 Å². The predicted octanol–water partition coefficient (Wildman–Crippen LogP) is 4.14. The number of aryl methyl sites for hydroxylation is 1. The van der Waals surface area contributed by atoms with Gasteiger partial charge in [0.15, 0.2) is 5.78 Å². The second-order valence-electron chi connectivity index (χ2n) is 3.91. The molecule has 4 nitrogen and oxygen atoms in total. The Labute approximate surface area is 123 Å². The monoisotopic (exact) mass is 302 g/mol. The molecular weight excluding hydrogens is 276 g/mol. The molecule has 0 spiro atoms. The Morgan fingerprint density at radius 2 is 1.60 bits per heavy atom. The van der Waals surface area contributed by atoms with Crippen LogP contribution in [0.4, 0.5) is 0 Å². The number of ketones is 1. The summed E-state index contributed by atoms with van der Waals surface area (Å²) < 4.78 is 30.5. The predicted molar refractivity (Wildman–Crippen MR) is 83.0 cm³/mol. The zero-order valence-corrected chi connectivity index (χ0v) is 14.0. The molecule has 20 heavy (non-hydrogen) atoms. The molecule has 1 rings (SSSR count). The number of rotatable bonds is 3. The van der Waals surface area contributed by atoms with Crippen LogP contribution in [-0.4, -0.2) is 18.8 Å². The van der Waals surface area contributed by atoms with E-state index in [2.05, 4.69) is 13.8 Å². The standard InChI is InChI=1S/C10H12O4S.C3H8.C2H6/c1-3-8-4-5-9(15(12,13)14)6-10(8)7(2)11;1-3-2;1-2/h4-6H,3H2,1-2H3,(H,12,13,14);3H2,1-2H3;1-2H3. The molecule has 0 aromatic heterocycles. The van der Waals surface area contributed by atoms with Gasteiger partial charge < -0.3 is 0 Å². The van der Waals surface area contributed by atoms with Gasteiger partial charge in [0.05, 0.1) is 4.90 Å². The quantitative estimate of drug-likeness (QED) is 0.673. The maximum Gasteiger partial charge on any atom is 0.294 e. The first-order valence-electron chi connectivity index (χ1n) is 6.89. The lowest BCUT2D eigenvalue weighted by atomic mass is 10.0. The van der Waals surface area contributed by atoms with Crippen molar-refractivity contribution >= 4 is 15.9 Å². The molecule has 0 saturated carbocycles. The van der Waals surface area contributed by atoms with Gasteiger partial charge in [0.2, 0.25) is 0 Å². The third kappa shape index (κ3) is 7.40. The molecule has 0 aliphatic rings. The van der Waals surface area contributed by atoms with E-state index in [1.54, 1.807) is 6.07 Å². The van der Waals surface area contributed by atoms with E-state index in [9.17, 15) is 13.2 Å². The van der Waals surface area contributed by atoms with E-state index in [4.69, 9.17) is 4.55 Å². The van der Waals surface area contributed by atoms with Crippen molar-refractivity contribution in [2.75, 3.05) is 0 Å². The SMILES string of the molecule is CC.CCC.CCc1ccc(S(=O)(=O)O)cc1C(C)=O. The Morgan fingerprint density at radius 1 is 1.15 bits per heavy atom. The summed E-state index contributed by atoms with van der Waals surface area (Å²) in [5.74, 6) is -0.211. The summed E-state index contributed by atoms with van der Waals surface area (Å²) in [6.07, 6.45) is 1.89. The molecule has 1 N–H and O–H groups in total. The number of benzene rings is 1. The van der Waals surface area contributed by atoms with Crippen LogP contribution >= 0.6 is 0 Å². The second kappa shape index (κ2) is 10.6. The van der Waals surface area contributed by atoms with Gasteiger partial charge >= 0.3 is 0 Å². The molecule has 1 aromatic rings. The molecule has 0 saturated heterocycles. The lowest BCUT2D eigenvalue weighted by Gasteiger charge is -2.05. The number of carbonyl (C=O) groups excluding carboxylic acids is 1. The van der Waals surface area contributed by atoms with E-state index in [1.807, 2.05) is 20.8 Å². The van der Waals surface area contributed by atoms with Crippen LogP contribution in [0, 0.1) is 0 Å². The number of carbonyl (C=O) groups is 1. The Bertz CT molecular complexity index is 505. The van der Waals surface area contributed by atoms with Crippen LogP contribution in [0.15, 0.2) is 23.1 Å². The van der Waals surface area contributed by atoms with Crippen LogP contribution in [-0.2, 0) is 16.5 Å². The first-order chi connectivity index (χ1) is 9.27. The van der Waals surface area contributed by atoms with E-state index >= 15 is 0 Å². The molecule has 0 amide bonds. The van der Waals surface area contributed by atoms with Gasteiger partial charge in [-0.1, -0.05) is 47.1 Å². The van der Waals surface area contributed by atoms with E-state index < -0.39 is 10.1 Å². The van der Waals surface area contributed by atoms with Crippen LogP contribution in [0.25, 0.3) is 0 Å². The summed E-state index contributed by atoms with van der Waals surface area (Å²) in [5.41, 5.74) is 1.11. The normalized spacial score (nSPS) is 9.75. The average molecular weight is 302 g/mol. The van der Waals surface area contributed by atoms with Crippen molar-refractivity contribution in [1.82, 2.24) is 0 Å². The zero-order valence-electron chi connectivity index (χ0n) is 13.2. The first kappa shape index (κ1) is 21.1. The molecule has 1 aromatic carbocycles. The fourth-order valence-electron chi connectivity index (χ4n) is 1.35. The molecule has 0 unspecified atom stereocenters. The van der Waals surface area contributed by atoms with Crippen molar-refractivity contribution in [2.45, 2.75) is 59.3 Å². The zero-order chi connectivity index (χ0) is 16.3. The highest BCUT2D eigenvalue weighted by atomic mass is 32.2. The number of Topliss-reactive ketones (excluding diaryl/α,β-unsaturated/α-hetero) is 1. The highest BCUT2D eigenvalue weighted by Gasteiger charge is 2.14. The van der Waals surface area contributed by atoms with E-state index in [1.165, 1.54) is 25.5 Å². The molecule has 0 aliphatic carbocycles. The maximum absolute atomic E-state index is 11.2. The summed E-state index contributed by atoms with van der Waals surface area (Å²) in [5, 5.41) is 0. The Hall–Kier alpha value is -1.20. The molecule has 116 valence electrons. The highest BCUT2D eigenvalue weighted by molar-refractivity contribution is 7.85. The average Bonchev–Trinajstić information content (AvgIpc) is 2.40. The van der Waals surface area contributed by atoms with Crippen LogP contribution in [0.1, 0.15) is 63.9 Å². The molecule has 0 radical (unpaired) electrons. The summed E-state index contributed by atoms with van der Waals surface area (Å²) in [7, 11) is -4.24. The van der Waals surface area contributed by atoms with E-state index in [0.717, 1.165) is 5.56 Å². The molecule has 0 atom stereocenters. The van der Waals surface area contributed by atoms with Gasteiger partial charge in [-0.15, -0.1) is 0 Å². The summed E-state index contributed by atoms with van der Waals surface area (Å²) in [6, 6.07) is 4.04. The maximum atomic E-state index is 11.2. The van der Waals surface area contributed by atoms with Gasteiger partial charge in [-0.3, -0.25) is 9.35 Å². The Morgan fingerprint density at radius 3 is 1.90 bits per heavy atom. The molecular formula is C15H26O4S. The second-order valence-corrected chi connectivity index (χ2v) is 5.33. The summed E-state index contributed by atoms with van der Waals surface area (Å²) in [4.78, 5) is 11.0. The fraction of sp³-hybridized carbons (Fsp3) is 0.533. The lowest BCUT2D eigenvalue weighted by molar-refractivity contribution is 0.101. The molecule has 5 heteroatoms. The molecule has 0 bridgehead atoms. The topological polar surface area (TPSA) is 71.4 Å². The number of hydrogen-bond donors (Lipinski definition) is 1. The van der Waals surface area contributed by atoms with Crippen molar-refractivity contribution in [2.24, 2.45) is 0 Å². The van der Waals surface area contributed by atoms with Crippen molar-refractivity contribution in [3.8, 4) is 0 Å². The van der Waals surface area contributed by atoms with Crippen molar-refractivity contribution in [1.29, 1.82) is 0 Å². The van der Waals surface area contributed by atoms with Gasteiger partial charge in [0.1, 0.15) is 0 Å². The van der Waals surface area contributed by atoms with Crippen LogP contribution in [0.2, 0.25) is 0 Å². The fourth-order valence-corrected chi connectivity index (χ4v) is 1.86. The van der Waals surface area contributed by atoms with Crippen molar-refractivity contribution in [3.63, 3.8) is 0 Å². The molecule has 0 fully saturated rings. The molecule has 0 aliphatic heterocycles. The van der Waals surface area contributed by atoms with Crippen LogP contribution < -0.4 is 0 Å². The lowest BCUT2D eigenvalue weighted by Crippen LogP contribution is -2.04. The Kier molecular flexibility index (Phi) is 11.2. The third-order valence-corrected chi connectivity index (χ3v) is 2.99. The van der Waals surface area contributed by atoms with Gasteiger partial charge in [-0.2, -0.15) is 8.42 Å². The minimum Gasteiger partial charge on any atom is -0.295 e. The minimum atomic E-state index is -4.24. The summed E-state index contributed by atoms with van der Waals surface area (Å²) in [6.45, 7) is 11.5. The smallest absolute Gasteiger partial charge is 0.294 e. The Balaban J connectivity index is 0. The largest absolute Gasteiger partial charge is 0.295 e. The highest BCUT2D eigenvalue weighted by Crippen LogP contribution is 2.17. The van der Waals surface area contributed by atoms with Crippen LogP contribution in [0.3, 0.4) is 0 Å². The van der Waals surface area contributed by atoms with Crippen LogP contribution in [0.5, 0.6) is 0 Å². The molecule has 0 heterocycles. The van der Waals surface area contributed by atoms with Crippen molar-refractivity contribution < 1.29 is 17.8 Å². The summed E-state index contributed by atoms with van der Waals surface area (Å²) >= 11 is 0. The first-order valence-corrected chi connectivity index (χ1v) is 8.33. The van der Waals surface area contributed by atoms with Crippen molar-refractivity contribution in [3.05, 3.63) is 29.3 Å². The van der Waals surface area contributed by atoms with Gasteiger partial charge in [-0.05, 0) is 31.0 Å².